The molecule has 0 unspecified atom stereocenters. The zero-order valence-corrected chi connectivity index (χ0v) is 13.3. The molecule has 116 valence electrons. The van der Waals surface area contributed by atoms with Gasteiger partial charge in [-0.2, -0.15) is 0 Å². The van der Waals surface area contributed by atoms with E-state index in [4.69, 9.17) is 0 Å². The number of hydrogen-bond acceptors (Lipinski definition) is 3. The van der Waals surface area contributed by atoms with Crippen LogP contribution in [-0.2, 0) is 18.5 Å². The highest BCUT2D eigenvalue weighted by Crippen LogP contribution is 2.22. The summed E-state index contributed by atoms with van der Waals surface area (Å²) in [5.41, 5.74) is 2.87. The molecular formula is C17H22N4O. The van der Waals surface area contributed by atoms with E-state index in [1.807, 2.05) is 30.3 Å². The van der Waals surface area contributed by atoms with Crippen molar-refractivity contribution in [2.75, 3.05) is 0 Å². The molecule has 0 aliphatic rings. The van der Waals surface area contributed by atoms with Crippen LogP contribution >= 0.6 is 0 Å². The van der Waals surface area contributed by atoms with Gasteiger partial charge in [-0.25, -0.2) is 14.8 Å². The molecule has 1 aromatic heterocycles. The van der Waals surface area contributed by atoms with E-state index in [-0.39, 0.29) is 11.4 Å². The number of benzene rings is 1. The molecule has 5 heteroatoms. The Morgan fingerprint density at radius 2 is 1.77 bits per heavy atom. The summed E-state index contributed by atoms with van der Waals surface area (Å²) >= 11 is 0. The molecule has 5 nitrogen and oxygen atoms in total. The lowest BCUT2D eigenvalue weighted by atomic mass is 9.89. The maximum absolute atomic E-state index is 11.9. The molecule has 2 amide bonds. The van der Waals surface area contributed by atoms with Gasteiger partial charge in [0.15, 0.2) is 0 Å². The van der Waals surface area contributed by atoms with Crippen molar-refractivity contribution in [1.29, 1.82) is 0 Å². The fraction of sp³-hybridized carbons (Fsp3) is 0.353. The van der Waals surface area contributed by atoms with Crippen LogP contribution in [0, 0.1) is 0 Å². The Labute approximate surface area is 131 Å². The topological polar surface area (TPSA) is 66.9 Å². The second-order valence-electron chi connectivity index (χ2n) is 6.17. The van der Waals surface area contributed by atoms with Gasteiger partial charge in [0, 0.05) is 30.3 Å². The molecule has 1 aromatic carbocycles. The van der Waals surface area contributed by atoms with Crippen molar-refractivity contribution in [1.82, 2.24) is 20.6 Å². The third kappa shape index (κ3) is 4.55. The molecule has 0 bridgehead atoms. The molecule has 0 spiro atoms. The van der Waals surface area contributed by atoms with E-state index in [0.717, 1.165) is 16.8 Å². The molecular weight excluding hydrogens is 276 g/mol. The van der Waals surface area contributed by atoms with Crippen molar-refractivity contribution in [3.63, 3.8) is 0 Å². The van der Waals surface area contributed by atoms with Crippen molar-refractivity contribution >= 4 is 6.03 Å². The van der Waals surface area contributed by atoms with E-state index in [2.05, 4.69) is 41.4 Å². The van der Waals surface area contributed by atoms with Gasteiger partial charge in [0.1, 0.15) is 6.33 Å². The van der Waals surface area contributed by atoms with Gasteiger partial charge in [0.25, 0.3) is 0 Å². The van der Waals surface area contributed by atoms with Crippen molar-refractivity contribution in [3.8, 4) is 0 Å². The Balaban J connectivity index is 1.89. The summed E-state index contributed by atoms with van der Waals surface area (Å²) in [7, 11) is 0. The molecule has 22 heavy (non-hydrogen) atoms. The maximum atomic E-state index is 11.9. The number of aromatic nitrogens is 2. The molecule has 0 fully saturated rings. The van der Waals surface area contributed by atoms with E-state index in [1.54, 1.807) is 12.5 Å². The third-order valence-corrected chi connectivity index (χ3v) is 3.23. The van der Waals surface area contributed by atoms with E-state index >= 15 is 0 Å². The second-order valence-corrected chi connectivity index (χ2v) is 6.17. The average molecular weight is 298 g/mol. The number of nitrogens with zero attached hydrogens (tertiary/aromatic N) is 2. The minimum absolute atomic E-state index is 0.0829. The minimum Gasteiger partial charge on any atom is -0.334 e. The SMILES string of the molecule is CC(C)(C)c1ncncc1CNC(=O)NCc1ccccc1. The lowest BCUT2D eigenvalue weighted by molar-refractivity contribution is 0.240. The summed E-state index contributed by atoms with van der Waals surface area (Å²) in [6, 6.07) is 9.60. The summed E-state index contributed by atoms with van der Waals surface area (Å²) in [6.07, 6.45) is 3.30. The molecule has 0 atom stereocenters. The molecule has 0 saturated heterocycles. The van der Waals surface area contributed by atoms with Crippen LogP contribution in [0.15, 0.2) is 42.9 Å². The summed E-state index contributed by atoms with van der Waals surface area (Å²) in [4.78, 5) is 20.3. The van der Waals surface area contributed by atoms with Crippen LogP contribution in [0.1, 0.15) is 37.6 Å². The zero-order chi connectivity index (χ0) is 16.0. The van der Waals surface area contributed by atoms with Crippen LogP contribution in [0.3, 0.4) is 0 Å². The Kier molecular flexibility index (Phi) is 5.09. The average Bonchev–Trinajstić information content (AvgIpc) is 2.51. The Hall–Kier alpha value is -2.43. The van der Waals surface area contributed by atoms with Gasteiger partial charge in [0.2, 0.25) is 0 Å². The Bertz CT molecular complexity index is 620. The maximum Gasteiger partial charge on any atom is 0.315 e. The van der Waals surface area contributed by atoms with E-state index in [1.165, 1.54) is 0 Å². The number of nitrogens with one attached hydrogen (secondary N) is 2. The number of rotatable bonds is 4. The number of carbonyl (C=O) groups excluding carboxylic acids is 1. The first-order chi connectivity index (χ1) is 10.5. The summed E-state index contributed by atoms with van der Waals surface area (Å²) in [5, 5.41) is 5.69. The van der Waals surface area contributed by atoms with Gasteiger partial charge in [0.05, 0.1) is 5.69 Å². The van der Waals surface area contributed by atoms with Gasteiger partial charge in [-0.3, -0.25) is 0 Å². The van der Waals surface area contributed by atoms with Gasteiger partial charge in [-0.1, -0.05) is 51.1 Å². The second kappa shape index (κ2) is 7.02. The number of amides is 2. The molecule has 0 aliphatic heterocycles. The quantitative estimate of drug-likeness (QED) is 0.912. The van der Waals surface area contributed by atoms with Crippen molar-refractivity contribution in [2.24, 2.45) is 0 Å². The van der Waals surface area contributed by atoms with Crippen LogP contribution < -0.4 is 10.6 Å². The van der Waals surface area contributed by atoms with Crippen LogP contribution in [0.2, 0.25) is 0 Å². The molecule has 1 heterocycles. The van der Waals surface area contributed by atoms with Crippen molar-refractivity contribution in [3.05, 3.63) is 59.7 Å². The molecule has 0 aliphatic carbocycles. The predicted molar refractivity (Wildman–Crippen MR) is 86.2 cm³/mol. The zero-order valence-electron chi connectivity index (χ0n) is 13.3. The van der Waals surface area contributed by atoms with E-state index in [9.17, 15) is 4.79 Å². The van der Waals surface area contributed by atoms with Gasteiger partial charge >= 0.3 is 6.03 Å². The predicted octanol–water partition coefficient (Wildman–Crippen LogP) is 2.77. The third-order valence-electron chi connectivity index (χ3n) is 3.23. The van der Waals surface area contributed by atoms with Crippen LogP contribution in [0.5, 0.6) is 0 Å². The lowest BCUT2D eigenvalue weighted by Crippen LogP contribution is -2.35. The van der Waals surface area contributed by atoms with Gasteiger partial charge in [-0.05, 0) is 5.56 Å². The molecule has 2 N–H and O–H groups in total. The number of hydrogen-bond donors (Lipinski definition) is 2. The van der Waals surface area contributed by atoms with Crippen molar-refractivity contribution < 1.29 is 4.79 Å². The Morgan fingerprint density at radius 1 is 1.09 bits per heavy atom. The van der Waals surface area contributed by atoms with Gasteiger partial charge < -0.3 is 10.6 Å². The molecule has 0 saturated carbocycles. The monoisotopic (exact) mass is 298 g/mol. The fourth-order valence-corrected chi connectivity index (χ4v) is 2.18. The first-order valence-electron chi connectivity index (χ1n) is 7.32. The lowest BCUT2D eigenvalue weighted by Gasteiger charge is -2.21. The summed E-state index contributed by atoms with van der Waals surface area (Å²) in [5.74, 6) is 0. The van der Waals surface area contributed by atoms with Crippen LogP contribution in [0.25, 0.3) is 0 Å². The first-order valence-corrected chi connectivity index (χ1v) is 7.32. The molecule has 2 aromatic rings. The fourth-order valence-electron chi connectivity index (χ4n) is 2.18. The summed E-state index contributed by atoms with van der Waals surface area (Å²) < 4.78 is 0. The first kappa shape index (κ1) is 15.9. The smallest absolute Gasteiger partial charge is 0.315 e. The minimum atomic E-state index is -0.201. The standard InChI is InChI=1S/C17H22N4O/c1-17(2,3)15-14(10-18-12-21-15)11-20-16(22)19-9-13-7-5-4-6-8-13/h4-8,10,12H,9,11H2,1-3H3,(H2,19,20,22). The number of carbonyl (C=O) groups is 1. The van der Waals surface area contributed by atoms with Gasteiger partial charge in [-0.15, -0.1) is 0 Å². The Morgan fingerprint density at radius 3 is 2.45 bits per heavy atom. The highest BCUT2D eigenvalue weighted by Gasteiger charge is 2.19. The van der Waals surface area contributed by atoms with Crippen LogP contribution in [0.4, 0.5) is 4.79 Å². The van der Waals surface area contributed by atoms with Crippen molar-refractivity contribution in [2.45, 2.75) is 39.3 Å². The van der Waals surface area contributed by atoms with Crippen LogP contribution in [-0.4, -0.2) is 16.0 Å². The highest BCUT2D eigenvalue weighted by atomic mass is 16.2. The molecule has 0 radical (unpaired) electrons. The largest absolute Gasteiger partial charge is 0.334 e. The highest BCUT2D eigenvalue weighted by molar-refractivity contribution is 5.73. The molecule has 2 rings (SSSR count). The number of urea groups is 1. The van der Waals surface area contributed by atoms with E-state index in [0.29, 0.717) is 13.1 Å². The normalized spacial score (nSPS) is 11.0. The summed E-state index contributed by atoms with van der Waals surface area (Å²) in [6.45, 7) is 7.19. The van der Waals surface area contributed by atoms with E-state index < -0.39 is 0 Å².